The van der Waals surface area contributed by atoms with Crippen LogP contribution in [0.5, 0.6) is 5.75 Å². The summed E-state index contributed by atoms with van der Waals surface area (Å²) in [5, 5.41) is 0. The maximum absolute atomic E-state index is 12.0. The molecule has 1 aromatic carbocycles. The average Bonchev–Trinajstić information content (AvgIpc) is 2.80. The van der Waals surface area contributed by atoms with Crippen LogP contribution in [-0.2, 0) is 20.7 Å². The number of ether oxygens (including phenoxy) is 2. The Labute approximate surface area is 197 Å². The molecule has 0 spiro atoms. The number of hydrogen-bond donors (Lipinski definition) is 0. The van der Waals surface area contributed by atoms with Crippen molar-refractivity contribution in [3.05, 3.63) is 54.9 Å². The monoisotopic (exact) mass is 452 g/mol. The Balaban J connectivity index is 1.71. The molecule has 0 N–H and O–H groups in total. The number of carbonyl (C=O) groups excluding carboxylic acids is 2. The molecule has 0 saturated carbocycles. The molecule has 0 aliphatic carbocycles. The van der Waals surface area contributed by atoms with Gasteiger partial charge in [0.1, 0.15) is 0 Å². The van der Waals surface area contributed by atoms with Crippen molar-refractivity contribution in [1.82, 2.24) is 9.97 Å². The molecule has 1 heterocycles. The van der Waals surface area contributed by atoms with E-state index in [0.717, 1.165) is 49.7 Å². The Hall–Kier alpha value is -3.02. The van der Waals surface area contributed by atoms with E-state index in [9.17, 15) is 9.59 Å². The van der Waals surface area contributed by atoms with Crippen LogP contribution in [0.1, 0.15) is 77.2 Å². The van der Waals surface area contributed by atoms with Gasteiger partial charge in [-0.25, -0.2) is 9.97 Å². The minimum Gasteiger partial charge on any atom is -0.463 e. The summed E-state index contributed by atoms with van der Waals surface area (Å²) in [5.74, 6) is 0.440. The number of hydrogen-bond acceptors (Lipinski definition) is 6. The third kappa shape index (κ3) is 10.9. The van der Waals surface area contributed by atoms with E-state index in [2.05, 4.69) is 16.5 Å². The number of esters is 2. The first-order valence-corrected chi connectivity index (χ1v) is 11.9. The molecule has 0 radical (unpaired) electrons. The van der Waals surface area contributed by atoms with E-state index in [-0.39, 0.29) is 18.0 Å². The molecule has 2 aromatic rings. The number of aromatic nitrogens is 2. The molecule has 0 amide bonds. The van der Waals surface area contributed by atoms with Crippen LogP contribution >= 0.6 is 0 Å². The molecule has 33 heavy (non-hydrogen) atoms. The molecule has 0 fully saturated rings. The number of allylic oxidation sites excluding steroid dienone is 1. The fourth-order valence-corrected chi connectivity index (χ4v) is 3.50. The average molecular weight is 453 g/mol. The van der Waals surface area contributed by atoms with Crippen molar-refractivity contribution in [3.63, 3.8) is 0 Å². The highest BCUT2D eigenvalue weighted by atomic mass is 16.5. The van der Waals surface area contributed by atoms with Crippen LogP contribution in [0.3, 0.4) is 0 Å². The van der Waals surface area contributed by atoms with Crippen LogP contribution in [0.2, 0.25) is 0 Å². The number of aryl methyl sites for hydroxylation is 1. The number of benzene rings is 1. The van der Waals surface area contributed by atoms with E-state index < -0.39 is 0 Å². The Kier molecular flexibility index (Phi) is 11.9. The number of unbranched alkanes of at least 4 members (excludes halogenated alkanes) is 6. The molecule has 178 valence electrons. The third-order valence-corrected chi connectivity index (χ3v) is 5.32. The second-order valence-corrected chi connectivity index (χ2v) is 8.32. The first-order valence-electron chi connectivity index (χ1n) is 11.9. The van der Waals surface area contributed by atoms with Crippen molar-refractivity contribution in [3.8, 4) is 17.1 Å². The molecule has 6 heteroatoms. The van der Waals surface area contributed by atoms with E-state index >= 15 is 0 Å². The number of rotatable bonds is 15. The zero-order valence-electron chi connectivity index (χ0n) is 19.9. The topological polar surface area (TPSA) is 78.4 Å². The summed E-state index contributed by atoms with van der Waals surface area (Å²) in [5.41, 5.74) is 2.04. The zero-order chi connectivity index (χ0) is 23.9. The Morgan fingerprint density at radius 2 is 1.64 bits per heavy atom. The molecular formula is C27H36N2O4. The van der Waals surface area contributed by atoms with Crippen molar-refractivity contribution in [2.75, 3.05) is 0 Å². The predicted molar refractivity (Wildman–Crippen MR) is 130 cm³/mol. The molecule has 1 aromatic heterocycles. The summed E-state index contributed by atoms with van der Waals surface area (Å²) in [7, 11) is 0. The van der Waals surface area contributed by atoms with Crippen LogP contribution in [0, 0.1) is 0 Å². The molecule has 1 atom stereocenters. The first-order chi connectivity index (χ1) is 16.0. The fourth-order valence-electron chi connectivity index (χ4n) is 3.50. The lowest BCUT2D eigenvalue weighted by Gasteiger charge is -2.11. The van der Waals surface area contributed by atoms with Crippen LogP contribution < -0.4 is 4.74 Å². The van der Waals surface area contributed by atoms with Gasteiger partial charge >= 0.3 is 11.9 Å². The van der Waals surface area contributed by atoms with E-state index in [4.69, 9.17) is 9.47 Å². The highest BCUT2D eigenvalue weighted by molar-refractivity contribution is 5.72. The van der Waals surface area contributed by atoms with Crippen molar-refractivity contribution in [1.29, 1.82) is 0 Å². The zero-order valence-corrected chi connectivity index (χ0v) is 19.9. The van der Waals surface area contributed by atoms with E-state index in [1.54, 1.807) is 0 Å². The van der Waals surface area contributed by atoms with Gasteiger partial charge in [0.2, 0.25) is 0 Å². The van der Waals surface area contributed by atoms with Gasteiger partial charge in [-0.15, -0.1) is 6.58 Å². The minimum absolute atomic E-state index is 0.104. The Morgan fingerprint density at radius 3 is 2.27 bits per heavy atom. The molecule has 0 aliphatic heterocycles. The van der Waals surface area contributed by atoms with E-state index in [1.165, 1.54) is 38.6 Å². The van der Waals surface area contributed by atoms with Crippen molar-refractivity contribution < 1.29 is 19.1 Å². The van der Waals surface area contributed by atoms with Gasteiger partial charge in [-0.05, 0) is 44.6 Å². The first kappa shape index (κ1) is 26.2. The lowest BCUT2D eigenvalue weighted by molar-refractivity contribution is -0.145. The second kappa shape index (κ2) is 14.9. The predicted octanol–water partition coefficient (Wildman–Crippen LogP) is 6.24. The lowest BCUT2D eigenvalue weighted by Crippen LogP contribution is -2.12. The fraction of sp³-hybridized carbons (Fsp3) is 0.481. The highest BCUT2D eigenvalue weighted by Crippen LogP contribution is 2.19. The summed E-state index contributed by atoms with van der Waals surface area (Å²) in [4.78, 5) is 31.7. The SMILES string of the molecule is C=CCCCCCCCCC(=O)Oc1cnc(-c2ccc(CCC(C)OC(C)=O)cc2)nc1. The second-order valence-electron chi connectivity index (χ2n) is 8.32. The standard InChI is InChI=1S/C27H36N2O4/c1-4-5-6-7-8-9-10-11-12-26(31)33-25-19-28-27(29-20-25)24-17-15-23(16-18-24)14-13-21(2)32-22(3)30/h4,15-21H,1,5-14H2,2-3H3. The van der Waals surface area contributed by atoms with Gasteiger partial charge in [-0.2, -0.15) is 0 Å². The normalized spacial score (nSPS) is 11.6. The van der Waals surface area contributed by atoms with Gasteiger partial charge in [0.25, 0.3) is 0 Å². The maximum Gasteiger partial charge on any atom is 0.311 e. The van der Waals surface area contributed by atoms with E-state index in [0.29, 0.717) is 18.0 Å². The molecule has 2 rings (SSSR count). The van der Waals surface area contributed by atoms with Crippen LogP contribution in [0.25, 0.3) is 11.4 Å². The van der Waals surface area contributed by atoms with Crippen LogP contribution in [0.4, 0.5) is 0 Å². The lowest BCUT2D eigenvalue weighted by atomic mass is 10.1. The highest BCUT2D eigenvalue weighted by Gasteiger charge is 2.09. The van der Waals surface area contributed by atoms with Crippen molar-refractivity contribution in [2.45, 2.75) is 84.2 Å². The molecular weight excluding hydrogens is 416 g/mol. The van der Waals surface area contributed by atoms with Gasteiger partial charge in [-0.3, -0.25) is 9.59 Å². The summed E-state index contributed by atoms with van der Waals surface area (Å²) >= 11 is 0. The van der Waals surface area contributed by atoms with Crippen molar-refractivity contribution >= 4 is 11.9 Å². The molecule has 0 aliphatic rings. The van der Waals surface area contributed by atoms with Crippen LogP contribution in [0.15, 0.2) is 49.3 Å². The number of nitrogens with zero attached hydrogens (tertiary/aromatic N) is 2. The maximum atomic E-state index is 12.0. The molecule has 0 saturated heterocycles. The van der Waals surface area contributed by atoms with Gasteiger partial charge < -0.3 is 9.47 Å². The largest absolute Gasteiger partial charge is 0.463 e. The van der Waals surface area contributed by atoms with Gasteiger partial charge in [0.05, 0.1) is 18.5 Å². The molecule has 0 bridgehead atoms. The summed E-state index contributed by atoms with van der Waals surface area (Å²) in [6, 6.07) is 7.97. The van der Waals surface area contributed by atoms with Crippen LogP contribution in [-0.4, -0.2) is 28.0 Å². The van der Waals surface area contributed by atoms with Gasteiger partial charge in [0.15, 0.2) is 11.6 Å². The third-order valence-electron chi connectivity index (χ3n) is 5.32. The molecule has 6 nitrogen and oxygen atoms in total. The van der Waals surface area contributed by atoms with Gasteiger partial charge in [0, 0.05) is 18.9 Å². The Morgan fingerprint density at radius 1 is 1.00 bits per heavy atom. The smallest absolute Gasteiger partial charge is 0.311 e. The minimum atomic E-state index is -0.255. The van der Waals surface area contributed by atoms with Crippen molar-refractivity contribution in [2.24, 2.45) is 0 Å². The molecule has 1 unspecified atom stereocenters. The summed E-state index contributed by atoms with van der Waals surface area (Å²) in [6.45, 7) is 7.05. The summed E-state index contributed by atoms with van der Waals surface area (Å²) < 4.78 is 10.5. The Bertz CT molecular complexity index is 863. The quantitative estimate of drug-likeness (QED) is 0.181. The summed E-state index contributed by atoms with van der Waals surface area (Å²) in [6.07, 6.45) is 14.6. The number of carbonyl (C=O) groups is 2. The van der Waals surface area contributed by atoms with Gasteiger partial charge in [-0.1, -0.05) is 56.0 Å². The van der Waals surface area contributed by atoms with E-state index in [1.807, 2.05) is 37.3 Å².